The van der Waals surface area contributed by atoms with Crippen LogP contribution < -0.4 is 10.1 Å². The van der Waals surface area contributed by atoms with Gasteiger partial charge in [0.1, 0.15) is 17.6 Å². The van der Waals surface area contributed by atoms with Crippen LogP contribution in [0.4, 0.5) is 4.39 Å². The van der Waals surface area contributed by atoms with Crippen LogP contribution in [0.25, 0.3) is 0 Å². The predicted molar refractivity (Wildman–Crippen MR) is 120 cm³/mol. The molecule has 2 aromatic rings. The van der Waals surface area contributed by atoms with Crippen molar-refractivity contribution in [1.29, 1.82) is 0 Å². The first-order valence-corrected chi connectivity index (χ1v) is 10.6. The highest BCUT2D eigenvalue weighted by atomic mass is 19.1. The number of nitrogens with zero attached hydrogens (tertiary/aromatic N) is 1. The number of benzene rings is 2. The molecule has 5 nitrogen and oxygen atoms in total. The average molecular weight is 429 g/mol. The van der Waals surface area contributed by atoms with Crippen LogP contribution in [0.1, 0.15) is 58.6 Å². The lowest BCUT2D eigenvalue weighted by molar-refractivity contribution is -0.142. The van der Waals surface area contributed by atoms with E-state index in [2.05, 4.69) is 19.2 Å². The van der Waals surface area contributed by atoms with Crippen LogP contribution in [-0.4, -0.2) is 34.9 Å². The monoisotopic (exact) mass is 428 g/mol. The smallest absolute Gasteiger partial charge is 0.261 e. The third-order valence-electron chi connectivity index (χ3n) is 4.82. The van der Waals surface area contributed by atoms with E-state index in [0.717, 1.165) is 11.1 Å². The summed E-state index contributed by atoms with van der Waals surface area (Å²) in [5.74, 6) is -0.0313. The standard InChI is InChI=1S/C25H33FN2O3/c1-17(2)21-9-7-8-10-22(21)31-16-23(29)28(15-19-11-13-20(26)14-12-19)18(3)24(30)27-25(4,5)6/h7-14,17-18H,15-16H2,1-6H3,(H,27,30)/t18-/m1/s1. The Hall–Kier alpha value is -2.89. The molecule has 0 saturated heterocycles. The van der Waals surface area contributed by atoms with Crippen LogP contribution in [-0.2, 0) is 16.1 Å². The fourth-order valence-corrected chi connectivity index (χ4v) is 3.15. The van der Waals surface area contributed by atoms with E-state index in [9.17, 15) is 14.0 Å². The largest absolute Gasteiger partial charge is 0.483 e. The Morgan fingerprint density at radius 1 is 1.03 bits per heavy atom. The maximum Gasteiger partial charge on any atom is 0.261 e. The summed E-state index contributed by atoms with van der Waals surface area (Å²) < 4.78 is 19.1. The minimum Gasteiger partial charge on any atom is -0.483 e. The Bertz CT molecular complexity index is 888. The van der Waals surface area contributed by atoms with Crippen molar-refractivity contribution in [2.45, 2.75) is 65.6 Å². The van der Waals surface area contributed by atoms with Crippen molar-refractivity contribution in [2.75, 3.05) is 6.61 Å². The summed E-state index contributed by atoms with van der Waals surface area (Å²) in [5.41, 5.74) is 1.31. The van der Waals surface area contributed by atoms with Crippen molar-refractivity contribution < 1.29 is 18.7 Å². The molecule has 0 unspecified atom stereocenters. The van der Waals surface area contributed by atoms with Crippen molar-refractivity contribution in [3.8, 4) is 5.75 Å². The summed E-state index contributed by atoms with van der Waals surface area (Å²) in [6.45, 7) is 11.4. The minimum absolute atomic E-state index is 0.174. The van der Waals surface area contributed by atoms with E-state index >= 15 is 0 Å². The van der Waals surface area contributed by atoms with Crippen LogP contribution in [0.15, 0.2) is 48.5 Å². The molecule has 2 rings (SSSR count). The van der Waals surface area contributed by atoms with E-state index in [4.69, 9.17) is 4.74 Å². The maximum absolute atomic E-state index is 13.3. The number of nitrogens with one attached hydrogen (secondary N) is 1. The molecule has 31 heavy (non-hydrogen) atoms. The maximum atomic E-state index is 13.3. The molecule has 0 aliphatic rings. The third kappa shape index (κ3) is 7.39. The van der Waals surface area contributed by atoms with E-state index in [-0.39, 0.29) is 36.7 Å². The van der Waals surface area contributed by atoms with Gasteiger partial charge in [0.05, 0.1) is 0 Å². The average Bonchev–Trinajstić information content (AvgIpc) is 2.70. The second-order valence-electron chi connectivity index (χ2n) is 9.04. The van der Waals surface area contributed by atoms with Crippen LogP contribution >= 0.6 is 0 Å². The van der Waals surface area contributed by atoms with Gasteiger partial charge in [-0.05, 0) is 62.9 Å². The van der Waals surface area contributed by atoms with Gasteiger partial charge in [-0.2, -0.15) is 0 Å². The number of halogens is 1. The van der Waals surface area contributed by atoms with Gasteiger partial charge in [0, 0.05) is 12.1 Å². The van der Waals surface area contributed by atoms with Gasteiger partial charge in [0.15, 0.2) is 6.61 Å². The van der Waals surface area contributed by atoms with Gasteiger partial charge in [0.25, 0.3) is 5.91 Å². The zero-order valence-corrected chi connectivity index (χ0v) is 19.2. The molecule has 2 aromatic carbocycles. The molecule has 0 aromatic heterocycles. The van der Waals surface area contributed by atoms with Crippen molar-refractivity contribution in [3.05, 3.63) is 65.5 Å². The van der Waals surface area contributed by atoms with Crippen LogP contribution in [0, 0.1) is 5.82 Å². The zero-order chi connectivity index (χ0) is 23.2. The third-order valence-corrected chi connectivity index (χ3v) is 4.82. The molecule has 168 valence electrons. The fraction of sp³-hybridized carbons (Fsp3) is 0.440. The number of rotatable bonds is 8. The molecule has 1 atom stereocenters. The molecule has 1 N–H and O–H groups in total. The van der Waals surface area contributed by atoms with Crippen molar-refractivity contribution >= 4 is 11.8 Å². The van der Waals surface area contributed by atoms with Gasteiger partial charge in [-0.3, -0.25) is 9.59 Å². The number of carbonyl (C=O) groups excluding carboxylic acids is 2. The number of carbonyl (C=O) groups is 2. The Morgan fingerprint density at radius 2 is 1.65 bits per heavy atom. The summed E-state index contributed by atoms with van der Waals surface area (Å²) in [6.07, 6.45) is 0. The van der Waals surface area contributed by atoms with Crippen LogP contribution in [0.2, 0.25) is 0 Å². The molecule has 0 aliphatic heterocycles. The summed E-state index contributed by atoms with van der Waals surface area (Å²) in [4.78, 5) is 27.4. The highest BCUT2D eigenvalue weighted by Gasteiger charge is 2.28. The molecule has 0 radical (unpaired) electrons. The number of para-hydroxylation sites is 1. The molecule has 0 aliphatic carbocycles. The van der Waals surface area contributed by atoms with Crippen molar-refractivity contribution in [2.24, 2.45) is 0 Å². The molecule has 0 fully saturated rings. The lowest BCUT2D eigenvalue weighted by atomic mass is 10.0. The summed E-state index contributed by atoms with van der Waals surface area (Å²) in [7, 11) is 0. The van der Waals surface area contributed by atoms with Gasteiger partial charge in [-0.25, -0.2) is 4.39 Å². The van der Waals surface area contributed by atoms with Crippen LogP contribution in [0.5, 0.6) is 5.75 Å². The molecule has 2 amide bonds. The lowest BCUT2D eigenvalue weighted by Crippen LogP contribution is -2.53. The molecule has 6 heteroatoms. The molecular weight excluding hydrogens is 395 g/mol. The Kier molecular flexibility index (Phi) is 8.20. The highest BCUT2D eigenvalue weighted by molar-refractivity contribution is 5.88. The lowest BCUT2D eigenvalue weighted by Gasteiger charge is -2.31. The van der Waals surface area contributed by atoms with Gasteiger partial charge in [-0.15, -0.1) is 0 Å². The molecule has 0 bridgehead atoms. The molecular formula is C25H33FN2O3. The van der Waals surface area contributed by atoms with Crippen molar-refractivity contribution in [1.82, 2.24) is 10.2 Å². The quantitative estimate of drug-likeness (QED) is 0.665. The number of ether oxygens (including phenoxy) is 1. The van der Waals surface area contributed by atoms with E-state index in [1.165, 1.54) is 17.0 Å². The first-order valence-electron chi connectivity index (χ1n) is 10.6. The second kappa shape index (κ2) is 10.4. The van der Waals surface area contributed by atoms with E-state index in [1.807, 2.05) is 45.0 Å². The topological polar surface area (TPSA) is 58.6 Å². The Balaban J connectivity index is 2.21. The van der Waals surface area contributed by atoms with E-state index in [1.54, 1.807) is 19.1 Å². The van der Waals surface area contributed by atoms with Crippen molar-refractivity contribution in [3.63, 3.8) is 0 Å². The number of amides is 2. The first-order chi connectivity index (χ1) is 14.5. The van der Waals surface area contributed by atoms with E-state index in [0.29, 0.717) is 5.75 Å². The normalized spacial score (nSPS) is 12.4. The van der Waals surface area contributed by atoms with Gasteiger partial charge < -0.3 is 15.0 Å². The van der Waals surface area contributed by atoms with Gasteiger partial charge in [-0.1, -0.05) is 44.2 Å². The minimum atomic E-state index is -0.722. The summed E-state index contributed by atoms with van der Waals surface area (Å²) in [5, 5.41) is 2.91. The molecule has 0 heterocycles. The second-order valence-corrected chi connectivity index (χ2v) is 9.04. The Morgan fingerprint density at radius 3 is 2.23 bits per heavy atom. The van der Waals surface area contributed by atoms with Gasteiger partial charge in [0.2, 0.25) is 5.91 Å². The van der Waals surface area contributed by atoms with Gasteiger partial charge >= 0.3 is 0 Å². The number of hydrogen-bond donors (Lipinski definition) is 1. The predicted octanol–water partition coefficient (Wildman–Crippen LogP) is 4.66. The SMILES string of the molecule is CC(C)c1ccccc1OCC(=O)N(Cc1ccc(F)cc1)[C@H](C)C(=O)NC(C)(C)C. The van der Waals surface area contributed by atoms with E-state index < -0.39 is 11.6 Å². The first kappa shape index (κ1) is 24.4. The molecule has 0 saturated carbocycles. The highest BCUT2D eigenvalue weighted by Crippen LogP contribution is 2.26. The zero-order valence-electron chi connectivity index (χ0n) is 19.2. The summed E-state index contributed by atoms with van der Waals surface area (Å²) in [6, 6.07) is 12.8. The fourth-order valence-electron chi connectivity index (χ4n) is 3.15. The Labute approximate surface area is 184 Å². The molecule has 0 spiro atoms. The number of hydrogen-bond acceptors (Lipinski definition) is 3. The summed E-state index contributed by atoms with van der Waals surface area (Å²) >= 11 is 0. The van der Waals surface area contributed by atoms with Crippen LogP contribution in [0.3, 0.4) is 0 Å².